The molecule has 2 atom stereocenters. The molecule has 1 aromatic carbocycles. The molecule has 1 amide bonds. The minimum absolute atomic E-state index is 0.107. The number of carbonyl (C=O) groups excluding carboxylic acids is 1. The van der Waals surface area contributed by atoms with Crippen molar-refractivity contribution in [1.29, 1.82) is 0 Å². The first-order valence-electron chi connectivity index (χ1n) is 6.84. The van der Waals surface area contributed by atoms with Crippen LogP contribution in [-0.2, 0) is 0 Å². The van der Waals surface area contributed by atoms with Gasteiger partial charge in [-0.05, 0) is 51.3 Å². The molecule has 1 saturated heterocycles. The molecule has 1 aliphatic rings. The minimum atomic E-state index is -0.463. The van der Waals surface area contributed by atoms with Crippen molar-refractivity contribution in [3.8, 4) is 0 Å². The second kappa shape index (κ2) is 5.70. The smallest absolute Gasteiger partial charge is 0.268 e. The van der Waals surface area contributed by atoms with E-state index in [-0.39, 0.29) is 11.5 Å². The quantitative estimate of drug-likeness (QED) is 0.890. The molecule has 1 fully saturated rings. The molecule has 0 saturated carbocycles. The largest absolute Gasteiger partial charge is 0.284 e. The molecule has 104 valence electrons. The topological polar surface area (TPSA) is 32.3 Å². The summed E-state index contributed by atoms with van der Waals surface area (Å²) in [6.45, 7) is 5.97. The van der Waals surface area contributed by atoms with E-state index in [1.54, 1.807) is 19.1 Å². The zero-order chi connectivity index (χ0) is 14.0. The van der Waals surface area contributed by atoms with Crippen molar-refractivity contribution < 1.29 is 9.18 Å². The maximum atomic E-state index is 13.8. The summed E-state index contributed by atoms with van der Waals surface area (Å²) in [4.78, 5) is 12.1. The molecule has 0 radical (unpaired) electrons. The van der Waals surface area contributed by atoms with Crippen molar-refractivity contribution in [3.05, 3.63) is 35.1 Å². The standard InChI is InChI=1S/C15H21FN2O/c1-10-7-8-13(14(16)9-10)15(19)17-18-11(2)5-4-6-12(18)3/h7-9,11-12H,4-6H2,1-3H3,(H,17,19). The Morgan fingerprint density at radius 2 is 1.95 bits per heavy atom. The van der Waals surface area contributed by atoms with Crippen LogP contribution in [0.4, 0.5) is 4.39 Å². The van der Waals surface area contributed by atoms with Gasteiger partial charge in [-0.1, -0.05) is 12.5 Å². The Balaban J connectivity index is 2.11. The first-order valence-corrected chi connectivity index (χ1v) is 6.84. The van der Waals surface area contributed by atoms with E-state index in [0.29, 0.717) is 12.1 Å². The predicted octanol–water partition coefficient (Wildman–Crippen LogP) is 3.04. The second-order valence-electron chi connectivity index (χ2n) is 5.46. The molecule has 1 heterocycles. The van der Waals surface area contributed by atoms with Crippen LogP contribution in [0, 0.1) is 12.7 Å². The summed E-state index contributed by atoms with van der Waals surface area (Å²) in [5.74, 6) is -0.826. The zero-order valence-electron chi connectivity index (χ0n) is 11.7. The summed E-state index contributed by atoms with van der Waals surface area (Å²) in [6, 6.07) is 5.26. The lowest BCUT2D eigenvalue weighted by atomic mass is 10.00. The molecule has 0 spiro atoms. The molecular formula is C15H21FN2O. The molecule has 4 heteroatoms. The molecule has 0 aromatic heterocycles. The Bertz CT molecular complexity index is 465. The first kappa shape index (κ1) is 14.0. The van der Waals surface area contributed by atoms with E-state index in [1.807, 2.05) is 5.01 Å². The number of hydrogen-bond acceptors (Lipinski definition) is 2. The number of nitrogens with one attached hydrogen (secondary N) is 1. The molecule has 19 heavy (non-hydrogen) atoms. The van der Waals surface area contributed by atoms with Crippen LogP contribution in [0.25, 0.3) is 0 Å². The number of piperidine rings is 1. The number of carbonyl (C=O) groups is 1. The van der Waals surface area contributed by atoms with Gasteiger partial charge in [0.15, 0.2) is 0 Å². The molecule has 2 unspecified atom stereocenters. The predicted molar refractivity (Wildman–Crippen MR) is 73.2 cm³/mol. The van der Waals surface area contributed by atoms with Gasteiger partial charge in [0.05, 0.1) is 5.56 Å². The highest BCUT2D eigenvalue weighted by Gasteiger charge is 2.27. The van der Waals surface area contributed by atoms with E-state index < -0.39 is 5.82 Å². The fraction of sp³-hybridized carbons (Fsp3) is 0.533. The van der Waals surface area contributed by atoms with E-state index in [1.165, 1.54) is 12.5 Å². The number of amides is 1. The van der Waals surface area contributed by atoms with E-state index in [2.05, 4.69) is 19.3 Å². The van der Waals surface area contributed by atoms with Gasteiger partial charge in [0.2, 0.25) is 0 Å². The number of nitrogens with zero attached hydrogens (tertiary/aromatic N) is 1. The van der Waals surface area contributed by atoms with Crippen LogP contribution in [0.3, 0.4) is 0 Å². The summed E-state index contributed by atoms with van der Waals surface area (Å²) < 4.78 is 13.8. The Kier molecular flexibility index (Phi) is 4.20. The number of halogens is 1. The SMILES string of the molecule is Cc1ccc(C(=O)NN2C(C)CCCC2C)c(F)c1. The van der Waals surface area contributed by atoms with Crippen LogP contribution in [0.2, 0.25) is 0 Å². The van der Waals surface area contributed by atoms with Crippen molar-refractivity contribution in [2.24, 2.45) is 0 Å². The molecule has 1 N–H and O–H groups in total. The van der Waals surface area contributed by atoms with Gasteiger partial charge >= 0.3 is 0 Å². The van der Waals surface area contributed by atoms with E-state index >= 15 is 0 Å². The number of hydrazine groups is 1. The van der Waals surface area contributed by atoms with Crippen LogP contribution < -0.4 is 5.43 Å². The monoisotopic (exact) mass is 264 g/mol. The normalized spacial score (nSPS) is 24.2. The third-order valence-corrected chi connectivity index (χ3v) is 3.79. The summed E-state index contributed by atoms with van der Waals surface area (Å²) >= 11 is 0. The van der Waals surface area contributed by atoms with Crippen molar-refractivity contribution in [2.75, 3.05) is 0 Å². The Labute approximate surface area is 113 Å². The highest BCUT2D eigenvalue weighted by Crippen LogP contribution is 2.21. The van der Waals surface area contributed by atoms with E-state index in [0.717, 1.165) is 18.4 Å². The maximum Gasteiger partial charge on any atom is 0.268 e. The molecule has 0 aliphatic carbocycles. The highest BCUT2D eigenvalue weighted by molar-refractivity contribution is 5.94. The van der Waals surface area contributed by atoms with Crippen LogP contribution in [0.1, 0.15) is 49.0 Å². The molecule has 3 nitrogen and oxygen atoms in total. The fourth-order valence-electron chi connectivity index (χ4n) is 2.62. The van der Waals surface area contributed by atoms with E-state index in [9.17, 15) is 9.18 Å². The number of aryl methyl sites for hydroxylation is 1. The third kappa shape index (κ3) is 3.13. The fourth-order valence-corrected chi connectivity index (χ4v) is 2.62. The molecule has 1 aliphatic heterocycles. The minimum Gasteiger partial charge on any atom is -0.284 e. The van der Waals surface area contributed by atoms with Crippen LogP contribution in [-0.4, -0.2) is 23.0 Å². The molecular weight excluding hydrogens is 243 g/mol. The third-order valence-electron chi connectivity index (χ3n) is 3.79. The summed E-state index contributed by atoms with van der Waals surface area (Å²) in [5, 5.41) is 1.95. The van der Waals surface area contributed by atoms with Crippen molar-refractivity contribution in [2.45, 2.75) is 52.1 Å². The van der Waals surface area contributed by atoms with Crippen molar-refractivity contribution in [3.63, 3.8) is 0 Å². The Morgan fingerprint density at radius 3 is 2.53 bits per heavy atom. The van der Waals surface area contributed by atoms with Crippen LogP contribution >= 0.6 is 0 Å². The number of hydrogen-bond donors (Lipinski definition) is 1. The first-order chi connectivity index (χ1) is 8.99. The highest BCUT2D eigenvalue weighted by atomic mass is 19.1. The van der Waals surface area contributed by atoms with Crippen LogP contribution in [0.5, 0.6) is 0 Å². The molecule has 2 rings (SSSR count). The number of benzene rings is 1. The summed E-state index contributed by atoms with van der Waals surface area (Å²) in [5.41, 5.74) is 3.77. The van der Waals surface area contributed by atoms with E-state index in [4.69, 9.17) is 0 Å². The van der Waals surface area contributed by atoms with Gasteiger partial charge in [-0.15, -0.1) is 0 Å². The molecule has 0 bridgehead atoms. The zero-order valence-corrected chi connectivity index (χ0v) is 11.7. The Hall–Kier alpha value is -1.42. The van der Waals surface area contributed by atoms with Crippen molar-refractivity contribution in [1.82, 2.24) is 10.4 Å². The lowest BCUT2D eigenvalue weighted by molar-refractivity contribution is 0.0367. The van der Waals surface area contributed by atoms with Crippen LogP contribution in [0.15, 0.2) is 18.2 Å². The average Bonchev–Trinajstić information content (AvgIpc) is 2.33. The Morgan fingerprint density at radius 1 is 1.32 bits per heavy atom. The average molecular weight is 264 g/mol. The van der Waals surface area contributed by atoms with Gasteiger partial charge < -0.3 is 0 Å². The van der Waals surface area contributed by atoms with Gasteiger partial charge in [-0.25, -0.2) is 9.40 Å². The summed E-state index contributed by atoms with van der Waals surface area (Å²) in [6.07, 6.45) is 3.29. The van der Waals surface area contributed by atoms with Gasteiger partial charge in [-0.3, -0.25) is 10.2 Å². The lowest BCUT2D eigenvalue weighted by Gasteiger charge is -2.38. The second-order valence-corrected chi connectivity index (χ2v) is 5.46. The van der Waals surface area contributed by atoms with Gasteiger partial charge in [-0.2, -0.15) is 0 Å². The lowest BCUT2D eigenvalue weighted by Crippen LogP contribution is -2.54. The van der Waals surface area contributed by atoms with Gasteiger partial charge in [0.1, 0.15) is 5.82 Å². The molecule has 1 aromatic rings. The van der Waals surface area contributed by atoms with Gasteiger partial charge in [0.25, 0.3) is 5.91 Å². The number of rotatable bonds is 2. The van der Waals surface area contributed by atoms with Gasteiger partial charge in [0, 0.05) is 12.1 Å². The van der Waals surface area contributed by atoms with Crippen molar-refractivity contribution >= 4 is 5.91 Å². The maximum absolute atomic E-state index is 13.8. The summed E-state index contributed by atoms with van der Waals surface area (Å²) in [7, 11) is 0.